The van der Waals surface area contributed by atoms with Crippen LogP contribution in [0, 0.1) is 0 Å². The zero-order valence-electron chi connectivity index (χ0n) is 43.2. The van der Waals surface area contributed by atoms with Gasteiger partial charge in [0.1, 0.15) is 13.2 Å². The van der Waals surface area contributed by atoms with E-state index < -0.39 is 20.0 Å². The van der Waals surface area contributed by atoms with Crippen molar-refractivity contribution in [3.8, 4) is 0 Å². The number of phosphoric acid groups is 1. The fraction of sp³-hybridized carbons (Fsp3) is 0.804. The van der Waals surface area contributed by atoms with Crippen LogP contribution >= 0.6 is 7.82 Å². The van der Waals surface area contributed by atoms with E-state index in [1.807, 2.05) is 27.2 Å². The van der Waals surface area contributed by atoms with Gasteiger partial charge < -0.3 is 19.8 Å². The highest BCUT2D eigenvalue weighted by Gasteiger charge is 2.27. The number of aliphatic hydroxyl groups is 1. The maximum Gasteiger partial charge on any atom is 0.472 e. The molecule has 65 heavy (non-hydrogen) atoms. The van der Waals surface area contributed by atoms with Crippen molar-refractivity contribution in [3.05, 3.63) is 60.8 Å². The number of quaternary nitrogens is 1. The van der Waals surface area contributed by atoms with E-state index in [0.29, 0.717) is 17.4 Å². The van der Waals surface area contributed by atoms with Crippen LogP contribution in [0.1, 0.15) is 239 Å². The Morgan fingerprint density at radius 1 is 0.538 bits per heavy atom. The Bertz CT molecular complexity index is 1240. The number of amides is 1. The third kappa shape index (κ3) is 49.9. The number of rotatable bonds is 49. The van der Waals surface area contributed by atoms with E-state index >= 15 is 0 Å². The van der Waals surface area contributed by atoms with E-state index in [1.165, 1.54) is 148 Å². The number of likely N-dealkylation sites (N-methyl/N-ethyl adjacent to an activating group) is 1. The molecule has 0 bridgehead atoms. The van der Waals surface area contributed by atoms with Crippen molar-refractivity contribution in [1.82, 2.24) is 5.32 Å². The van der Waals surface area contributed by atoms with Crippen molar-refractivity contribution in [1.29, 1.82) is 0 Å². The number of carbonyl (C=O) groups excluding carboxylic acids is 1. The number of phosphoric ester groups is 1. The summed E-state index contributed by atoms with van der Waals surface area (Å²) in [5.41, 5.74) is 0. The van der Waals surface area contributed by atoms with Crippen LogP contribution in [0.15, 0.2) is 60.8 Å². The number of unbranched alkanes of at least 4 members (excludes halogenated alkanes) is 28. The maximum absolute atomic E-state index is 12.9. The van der Waals surface area contributed by atoms with Gasteiger partial charge in [-0.25, -0.2) is 4.57 Å². The topological polar surface area (TPSA) is 105 Å². The summed E-state index contributed by atoms with van der Waals surface area (Å²) < 4.78 is 23.6. The van der Waals surface area contributed by atoms with Gasteiger partial charge in [-0.05, 0) is 64.2 Å². The molecule has 0 aromatic heterocycles. The molecule has 8 nitrogen and oxygen atoms in total. The second-order valence-corrected chi connectivity index (χ2v) is 21.0. The quantitative estimate of drug-likeness (QED) is 0.0243. The molecule has 0 aliphatic heterocycles. The molecule has 0 rings (SSSR count). The molecule has 0 fully saturated rings. The summed E-state index contributed by atoms with van der Waals surface area (Å²) in [7, 11) is 1.54. The van der Waals surface area contributed by atoms with Crippen LogP contribution in [0.2, 0.25) is 0 Å². The summed E-state index contributed by atoms with van der Waals surface area (Å²) in [5.74, 6) is -0.197. The Hall–Kier alpha value is -1.80. The van der Waals surface area contributed by atoms with Crippen LogP contribution in [0.4, 0.5) is 0 Å². The molecule has 0 heterocycles. The number of nitrogens with zero attached hydrogens (tertiary/aromatic N) is 1. The Morgan fingerprint density at radius 2 is 0.938 bits per heavy atom. The largest absolute Gasteiger partial charge is 0.472 e. The minimum absolute atomic E-state index is 0.0519. The first-order valence-corrected chi connectivity index (χ1v) is 28.7. The molecular weight excluding hydrogens is 828 g/mol. The summed E-state index contributed by atoms with van der Waals surface area (Å²) in [6, 6.07) is -0.871. The van der Waals surface area contributed by atoms with Crippen LogP contribution in [0.5, 0.6) is 0 Å². The van der Waals surface area contributed by atoms with Gasteiger partial charge in [-0.15, -0.1) is 0 Å². The minimum atomic E-state index is -4.36. The van der Waals surface area contributed by atoms with Gasteiger partial charge in [0, 0.05) is 6.42 Å². The van der Waals surface area contributed by atoms with Crippen molar-refractivity contribution >= 4 is 13.7 Å². The van der Waals surface area contributed by atoms with E-state index in [9.17, 15) is 19.4 Å². The molecule has 0 radical (unpaired) electrons. The molecule has 9 heteroatoms. The van der Waals surface area contributed by atoms with Crippen LogP contribution in [0.3, 0.4) is 0 Å². The van der Waals surface area contributed by atoms with Gasteiger partial charge in [0.25, 0.3) is 0 Å². The maximum atomic E-state index is 12.9. The van der Waals surface area contributed by atoms with Gasteiger partial charge in [-0.2, -0.15) is 0 Å². The lowest BCUT2D eigenvalue weighted by Gasteiger charge is -2.25. The molecule has 3 atom stereocenters. The molecule has 3 unspecified atom stereocenters. The van der Waals surface area contributed by atoms with Crippen LogP contribution in [-0.4, -0.2) is 73.4 Å². The van der Waals surface area contributed by atoms with Crippen molar-refractivity contribution < 1.29 is 32.9 Å². The highest BCUT2D eigenvalue weighted by molar-refractivity contribution is 7.47. The predicted molar refractivity (Wildman–Crippen MR) is 281 cm³/mol. The number of aliphatic hydroxyl groups excluding tert-OH is 1. The zero-order valence-corrected chi connectivity index (χ0v) is 44.1. The normalized spacial score (nSPS) is 14.5. The Balaban J connectivity index is 4.29. The first-order valence-electron chi connectivity index (χ1n) is 27.2. The monoisotopic (exact) mass is 934 g/mol. The zero-order chi connectivity index (χ0) is 47.8. The first kappa shape index (κ1) is 63.2. The summed E-state index contributed by atoms with van der Waals surface area (Å²) in [6.45, 7) is 4.69. The number of allylic oxidation sites excluding steroid dienone is 9. The summed E-state index contributed by atoms with van der Waals surface area (Å²) in [5, 5.41) is 13.9. The molecule has 380 valence electrons. The van der Waals surface area contributed by atoms with E-state index in [4.69, 9.17) is 9.05 Å². The van der Waals surface area contributed by atoms with Crippen LogP contribution < -0.4 is 5.32 Å². The highest BCUT2D eigenvalue weighted by atomic mass is 31.2. The molecule has 0 aliphatic rings. The molecule has 0 aromatic rings. The lowest BCUT2D eigenvalue weighted by Crippen LogP contribution is -2.45. The predicted octanol–water partition coefficient (Wildman–Crippen LogP) is 16.1. The number of hydrogen-bond donors (Lipinski definition) is 3. The smallest absolute Gasteiger partial charge is 0.387 e. The average Bonchev–Trinajstić information content (AvgIpc) is 3.26. The summed E-state index contributed by atoms with van der Waals surface area (Å²) in [6.07, 6.45) is 63.2. The standard InChI is InChI=1S/C56H105N2O6P/c1-6-8-10-12-14-16-18-20-22-24-25-26-27-28-29-30-31-32-34-35-37-39-41-43-45-47-49-55(59)54(53-64-65(61,62)63-52-51-58(3,4)5)57-56(60)50-48-46-44-42-40-38-36-33-23-21-19-17-15-13-11-9-7-2/h9,11,15,17,21,23,39,41,47,49,54-55,59H,6-8,10,12-14,16,18-20,22,24-38,40,42-46,48,50-53H2,1-5H3,(H-,57,60,61,62)/p+1/b11-9-,17-15-,23-21-,41-39+,49-47+. The Labute approximate surface area is 402 Å². The Kier molecular flexibility index (Phi) is 46.0. The highest BCUT2D eigenvalue weighted by Crippen LogP contribution is 2.43. The number of hydrogen-bond acceptors (Lipinski definition) is 5. The van der Waals surface area contributed by atoms with Crippen molar-refractivity contribution in [2.75, 3.05) is 40.9 Å². The van der Waals surface area contributed by atoms with Gasteiger partial charge in [0.15, 0.2) is 0 Å². The van der Waals surface area contributed by atoms with Crippen molar-refractivity contribution in [3.63, 3.8) is 0 Å². The number of nitrogens with one attached hydrogen (secondary N) is 1. The summed E-state index contributed by atoms with van der Waals surface area (Å²) >= 11 is 0. The molecule has 0 aromatic carbocycles. The second-order valence-electron chi connectivity index (χ2n) is 19.6. The molecule has 0 saturated carbocycles. The van der Waals surface area contributed by atoms with Gasteiger partial charge in [0.2, 0.25) is 5.91 Å². The van der Waals surface area contributed by atoms with Gasteiger partial charge in [-0.1, -0.05) is 229 Å². The van der Waals surface area contributed by atoms with Gasteiger partial charge in [-0.3, -0.25) is 13.8 Å². The average molecular weight is 934 g/mol. The SMILES string of the molecule is CC/C=C\C/C=C\C/C=C\CCCCCCCCCC(=O)NC(COP(=O)(O)OCC[N+](C)(C)C)C(O)/C=C/CC/C=C/CCCCCCCCCCCCCCCCCCCCCC. The molecule has 1 amide bonds. The lowest BCUT2D eigenvalue weighted by molar-refractivity contribution is -0.870. The van der Waals surface area contributed by atoms with Crippen LogP contribution in [-0.2, 0) is 18.4 Å². The Morgan fingerprint density at radius 3 is 1.42 bits per heavy atom. The third-order valence-corrected chi connectivity index (χ3v) is 13.0. The molecule has 0 spiro atoms. The summed E-state index contributed by atoms with van der Waals surface area (Å²) in [4.78, 5) is 23.2. The molecular formula is C56H106N2O6P+. The molecule has 3 N–H and O–H groups in total. The van der Waals surface area contributed by atoms with Crippen LogP contribution in [0.25, 0.3) is 0 Å². The second kappa shape index (κ2) is 47.3. The van der Waals surface area contributed by atoms with E-state index in [-0.39, 0.29) is 19.1 Å². The van der Waals surface area contributed by atoms with Gasteiger partial charge >= 0.3 is 7.82 Å². The van der Waals surface area contributed by atoms with Crippen molar-refractivity contribution in [2.24, 2.45) is 0 Å². The third-order valence-electron chi connectivity index (χ3n) is 12.0. The van der Waals surface area contributed by atoms with E-state index in [0.717, 1.165) is 70.6 Å². The first-order chi connectivity index (χ1) is 31.5. The molecule has 0 saturated heterocycles. The molecule has 0 aliphatic carbocycles. The van der Waals surface area contributed by atoms with E-state index in [2.05, 4.69) is 67.8 Å². The van der Waals surface area contributed by atoms with Gasteiger partial charge in [0.05, 0.1) is 39.9 Å². The number of carbonyl (C=O) groups is 1. The fourth-order valence-corrected chi connectivity index (χ4v) is 8.46. The minimum Gasteiger partial charge on any atom is -0.387 e. The lowest BCUT2D eigenvalue weighted by atomic mass is 10.0. The van der Waals surface area contributed by atoms with E-state index in [1.54, 1.807) is 6.08 Å². The fourth-order valence-electron chi connectivity index (χ4n) is 7.72. The van der Waals surface area contributed by atoms with Crippen molar-refractivity contribution in [2.45, 2.75) is 251 Å².